The van der Waals surface area contributed by atoms with Gasteiger partial charge >= 0.3 is 0 Å². The Hall–Kier alpha value is -8.97. The normalized spacial score (nSPS) is 11.8. The van der Waals surface area contributed by atoms with Crippen LogP contribution < -0.4 is 0 Å². The van der Waals surface area contributed by atoms with Crippen LogP contribution >= 0.6 is 11.3 Å². The van der Waals surface area contributed by atoms with Gasteiger partial charge < -0.3 is 9.13 Å². The van der Waals surface area contributed by atoms with Crippen LogP contribution in [-0.2, 0) is 0 Å². The van der Waals surface area contributed by atoms with Gasteiger partial charge in [0.25, 0.3) is 0 Å². The van der Waals surface area contributed by atoms with Crippen LogP contribution in [0.25, 0.3) is 132 Å². The molecule has 0 aliphatic rings. The van der Waals surface area contributed by atoms with E-state index in [9.17, 15) is 0 Å². The lowest BCUT2D eigenvalue weighted by Gasteiger charge is -2.14. The van der Waals surface area contributed by atoms with Gasteiger partial charge in [-0.3, -0.25) is 0 Å². The summed E-state index contributed by atoms with van der Waals surface area (Å²) in [4.78, 5) is 16.4. The van der Waals surface area contributed by atoms with Gasteiger partial charge in [-0.15, -0.1) is 11.3 Å². The predicted octanol–water partition coefficient (Wildman–Crippen LogP) is 16.8. The molecule has 0 radical (unpaired) electrons. The Labute approximate surface area is 401 Å². The Morgan fingerprint density at radius 3 is 1.49 bits per heavy atom. The van der Waals surface area contributed by atoms with Crippen molar-refractivity contribution in [2.75, 3.05) is 0 Å². The van der Waals surface area contributed by atoms with Crippen molar-refractivity contribution in [2.24, 2.45) is 0 Å². The van der Waals surface area contributed by atoms with Crippen LogP contribution in [0.15, 0.2) is 237 Å². The maximum atomic E-state index is 5.59. The van der Waals surface area contributed by atoms with Gasteiger partial charge in [0.1, 0.15) is 0 Å². The molecule has 0 fully saturated rings. The zero-order chi connectivity index (χ0) is 45.4. The fourth-order valence-corrected chi connectivity index (χ4v) is 11.7. The van der Waals surface area contributed by atoms with Crippen molar-refractivity contribution in [1.82, 2.24) is 24.1 Å². The number of hydrogen-bond donors (Lipinski definition) is 0. The second-order valence-electron chi connectivity index (χ2n) is 17.6. The highest BCUT2D eigenvalue weighted by atomic mass is 32.1. The first-order valence-electron chi connectivity index (χ1n) is 23.3. The number of aromatic nitrogens is 5. The van der Waals surface area contributed by atoms with Crippen molar-refractivity contribution in [2.45, 2.75) is 0 Å². The van der Waals surface area contributed by atoms with Crippen molar-refractivity contribution in [3.63, 3.8) is 0 Å². The molecule has 4 aromatic heterocycles. The second-order valence-corrected chi connectivity index (χ2v) is 18.6. The maximum Gasteiger partial charge on any atom is 0.166 e. The Morgan fingerprint density at radius 1 is 0.290 bits per heavy atom. The predicted molar refractivity (Wildman–Crippen MR) is 289 cm³/mol. The zero-order valence-corrected chi connectivity index (χ0v) is 38.0. The Kier molecular flexibility index (Phi) is 9.00. The molecule has 0 unspecified atom stereocenters. The lowest BCUT2D eigenvalue weighted by Crippen LogP contribution is -2.03. The van der Waals surface area contributed by atoms with Gasteiger partial charge in [0, 0.05) is 69.8 Å². The topological polar surface area (TPSA) is 48.5 Å². The maximum absolute atomic E-state index is 5.59. The van der Waals surface area contributed by atoms with Gasteiger partial charge in [-0.25, -0.2) is 15.0 Å². The van der Waals surface area contributed by atoms with Crippen LogP contribution in [0.1, 0.15) is 0 Å². The minimum atomic E-state index is 0.613. The van der Waals surface area contributed by atoms with E-state index in [1.807, 2.05) is 18.2 Å². The molecule has 5 nitrogen and oxygen atoms in total. The van der Waals surface area contributed by atoms with E-state index in [4.69, 9.17) is 15.0 Å². The first kappa shape index (κ1) is 39.2. The van der Waals surface area contributed by atoms with E-state index in [0.29, 0.717) is 17.5 Å². The lowest BCUT2D eigenvalue weighted by atomic mass is 9.98. The average Bonchev–Trinajstić information content (AvgIpc) is 4.09. The number of nitrogens with zero attached hydrogens (tertiary/aromatic N) is 5. The molecule has 69 heavy (non-hydrogen) atoms. The fraction of sp³-hybridized carbons (Fsp3) is 0. The van der Waals surface area contributed by atoms with E-state index in [0.717, 1.165) is 65.6 Å². The second kappa shape index (κ2) is 15.8. The summed E-state index contributed by atoms with van der Waals surface area (Å²) in [6, 6.07) is 84.5. The van der Waals surface area contributed by atoms with Crippen molar-refractivity contribution in [3.05, 3.63) is 237 Å². The number of benzene rings is 10. The highest BCUT2D eigenvalue weighted by Gasteiger charge is 2.23. The average molecular weight is 898 g/mol. The highest BCUT2D eigenvalue weighted by molar-refractivity contribution is 7.26. The van der Waals surface area contributed by atoms with E-state index >= 15 is 0 Å². The molecule has 0 N–H and O–H groups in total. The van der Waals surface area contributed by atoms with Crippen LogP contribution in [-0.4, -0.2) is 24.1 Å². The third kappa shape index (κ3) is 6.41. The molecule has 0 saturated carbocycles. The summed E-state index contributed by atoms with van der Waals surface area (Å²) in [5.74, 6) is 1.85. The largest absolute Gasteiger partial charge is 0.309 e. The molecule has 0 bridgehead atoms. The summed E-state index contributed by atoms with van der Waals surface area (Å²) >= 11 is 1.80. The van der Waals surface area contributed by atoms with Gasteiger partial charge in [0.2, 0.25) is 0 Å². The van der Waals surface area contributed by atoms with Crippen LogP contribution in [0, 0.1) is 0 Å². The van der Waals surface area contributed by atoms with Crippen LogP contribution in [0.5, 0.6) is 0 Å². The first-order valence-corrected chi connectivity index (χ1v) is 24.1. The molecular formula is C63H39N5S. The molecule has 10 aromatic carbocycles. The molecule has 14 rings (SSSR count). The third-order valence-corrected chi connectivity index (χ3v) is 14.8. The summed E-state index contributed by atoms with van der Waals surface area (Å²) in [5, 5.41) is 7.08. The van der Waals surface area contributed by atoms with Gasteiger partial charge in [0.05, 0.1) is 22.1 Å². The molecule has 322 valence electrons. The number of hydrogen-bond acceptors (Lipinski definition) is 4. The SMILES string of the molecule is c1ccc(-c2cccc(-c3ccc4c(c3)sc3c(-c5nc(-c6ccccc6)nc(-c6cccc7c8ccccc8n(-c8ccccc8)c67)n5)cc(-n5c6ccccc6c6ccccc65)cc34)c2)cc1. The van der Waals surface area contributed by atoms with E-state index in [-0.39, 0.29) is 0 Å². The van der Waals surface area contributed by atoms with Crippen LogP contribution in [0.2, 0.25) is 0 Å². The van der Waals surface area contributed by atoms with Crippen molar-refractivity contribution >= 4 is 75.1 Å². The Bertz CT molecular complexity index is 4250. The molecule has 4 heterocycles. The van der Waals surface area contributed by atoms with Crippen LogP contribution in [0.3, 0.4) is 0 Å². The molecule has 0 saturated heterocycles. The Morgan fingerprint density at radius 2 is 0.797 bits per heavy atom. The van der Waals surface area contributed by atoms with Crippen molar-refractivity contribution < 1.29 is 0 Å². The Balaban J connectivity index is 1.05. The lowest BCUT2D eigenvalue weighted by molar-refractivity contribution is 1.07. The summed E-state index contributed by atoms with van der Waals surface area (Å²) < 4.78 is 7.08. The van der Waals surface area contributed by atoms with Gasteiger partial charge in [-0.1, -0.05) is 176 Å². The number of rotatable bonds is 7. The molecule has 14 aromatic rings. The van der Waals surface area contributed by atoms with E-state index in [1.165, 1.54) is 48.5 Å². The van der Waals surface area contributed by atoms with E-state index in [1.54, 1.807) is 11.3 Å². The summed E-state index contributed by atoms with van der Waals surface area (Å²) in [7, 11) is 0. The van der Waals surface area contributed by atoms with Gasteiger partial charge in [-0.2, -0.15) is 0 Å². The fourth-order valence-electron chi connectivity index (χ4n) is 10.4. The monoisotopic (exact) mass is 897 g/mol. The molecule has 0 atom stereocenters. The molecule has 6 heteroatoms. The van der Waals surface area contributed by atoms with Gasteiger partial charge in [0.15, 0.2) is 17.5 Å². The number of fused-ring (bicyclic) bond motifs is 9. The molecule has 0 aliphatic heterocycles. The zero-order valence-electron chi connectivity index (χ0n) is 37.2. The van der Waals surface area contributed by atoms with E-state index in [2.05, 4.69) is 228 Å². The smallest absolute Gasteiger partial charge is 0.166 e. The standard InChI is InChI=1S/C63H39N5S/c1-4-18-40(19-5-1)42-22-16-23-43(36-42)44-34-35-50-53-38-46(67-55-31-13-10-26-47(55)48-27-11-14-32-56(48)67)39-54(60(53)69-58(50)37-44)63-65-61(41-20-6-2-7-21-41)64-62(66-63)52-30-17-29-51-49-28-12-15-33-57(49)68(59(51)52)45-24-8-3-9-25-45/h1-39H. The molecule has 0 aliphatic carbocycles. The number of para-hydroxylation sites is 5. The summed E-state index contributed by atoms with van der Waals surface area (Å²) in [5.41, 5.74) is 14.1. The first-order chi connectivity index (χ1) is 34.2. The minimum absolute atomic E-state index is 0.613. The number of thiophene rings is 1. The quantitative estimate of drug-likeness (QED) is 0.160. The van der Waals surface area contributed by atoms with Crippen molar-refractivity contribution in [3.8, 4) is 67.8 Å². The molecule has 0 amide bonds. The summed E-state index contributed by atoms with van der Waals surface area (Å²) in [6.45, 7) is 0. The van der Waals surface area contributed by atoms with Gasteiger partial charge in [-0.05, 0) is 82.9 Å². The van der Waals surface area contributed by atoms with Crippen molar-refractivity contribution in [1.29, 1.82) is 0 Å². The third-order valence-electron chi connectivity index (χ3n) is 13.6. The summed E-state index contributed by atoms with van der Waals surface area (Å²) in [6.07, 6.45) is 0. The van der Waals surface area contributed by atoms with Crippen LogP contribution in [0.4, 0.5) is 0 Å². The minimum Gasteiger partial charge on any atom is -0.309 e. The highest BCUT2D eigenvalue weighted by Crippen LogP contribution is 2.45. The molecule has 0 spiro atoms. The molecular weight excluding hydrogens is 859 g/mol. The van der Waals surface area contributed by atoms with E-state index < -0.39 is 0 Å².